The Bertz CT molecular complexity index is 962. The maximum Gasteiger partial charge on any atom is 0.229 e. The molecule has 1 aromatic carbocycles. The van der Waals surface area contributed by atoms with Crippen molar-refractivity contribution in [3.8, 4) is 0 Å². The lowest BCUT2D eigenvalue weighted by Crippen LogP contribution is -2.26. The largest absolute Gasteiger partial charge is 0.381 e. The van der Waals surface area contributed by atoms with Crippen molar-refractivity contribution in [2.45, 2.75) is 31.8 Å². The summed E-state index contributed by atoms with van der Waals surface area (Å²) >= 11 is 0. The monoisotopic (exact) mass is 364 g/mol. The Morgan fingerprint density at radius 3 is 2.93 bits per heavy atom. The average molecular weight is 364 g/mol. The molecular formula is C20H24N6O. The van der Waals surface area contributed by atoms with E-state index in [1.165, 1.54) is 11.1 Å². The van der Waals surface area contributed by atoms with Gasteiger partial charge in [-0.1, -0.05) is 6.07 Å². The molecule has 1 saturated heterocycles. The van der Waals surface area contributed by atoms with Crippen LogP contribution in [-0.4, -0.2) is 51.5 Å². The summed E-state index contributed by atoms with van der Waals surface area (Å²) < 4.78 is 7.51. The number of benzene rings is 1. The zero-order chi connectivity index (χ0) is 18.2. The van der Waals surface area contributed by atoms with Gasteiger partial charge in [-0.15, -0.1) is 0 Å². The van der Waals surface area contributed by atoms with Crippen LogP contribution < -0.4 is 5.32 Å². The zero-order valence-corrected chi connectivity index (χ0v) is 15.6. The van der Waals surface area contributed by atoms with Crippen LogP contribution in [0.4, 0.5) is 11.6 Å². The molecule has 0 atom stereocenters. The van der Waals surface area contributed by atoms with E-state index in [0.29, 0.717) is 12.0 Å². The second-order valence-electron chi connectivity index (χ2n) is 7.50. The van der Waals surface area contributed by atoms with Gasteiger partial charge >= 0.3 is 0 Å². The number of hydrogen-bond donors (Lipinski definition) is 1. The topological polar surface area (TPSA) is 68.1 Å². The summed E-state index contributed by atoms with van der Waals surface area (Å²) in [5.41, 5.74) is 4.73. The van der Waals surface area contributed by atoms with Gasteiger partial charge in [0.15, 0.2) is 5.65 Å². The molecule has 2 aromatic heterocycles. The number of anilines is 2. The smallest absolute Gasteiger partial charge is 0.229 e. The van der Waals surface area contributed by atoms with Gasteiger partial charge in [0.1, 0.15) is 0 Å². The normalized spacial score (nSPS) is 18.6. The summed E-state index contributed by atoms with van der Waals surface area (Å²) in [4.78, 5) is 11.6. The fraction of sp³-hybridized carbons (Fsp3) is 0.450. The van der Waals surface area contributed by atoms with Crippen LogP contribution in [-0.2, 0) is 17.7 Å². The first-order chi connectivity index (χ1) is 13.3. The van der Waals surface area contributed by atoms with Crippen molar-refractivity contribution in [2.75, 3.05) is 32.1 Å². The van der Waals surface area contributed by atoms with Crippen molar-refractivity contribution in [3.05, 3.63) is 41.7 Å². The van der Waals surface area contributed by atoms with E-state index in [1.807, 2.05) is 17.1 Å². The molecule has 2 aliphatic heterocycles. The number of rotatable bonds is 3. The van der Waals surface area contributed by atoms with Crippen molar-refractivity contribution < 1.29 is 4.74 Å². The molecule has 1 fully saturated rings. The molecule has 0 spiro atoms. The molecule has 7 heteroatoms. The van der Waals surface area contributed by atoms with Gasteiger partial charge in [-0.25, -0.2) is 9.67 Å². The Balaban J connectivity index is 1.43. The van der Waals surface area contributed by atoms with Crippen LogP contribution in [0.25, 0.3) is 11.0 Å². The standard InChI is InChI=1S/C20H24N6O/c1-25-7-4-14-2-3-17(10-15(14)13-25)23-20-21-11-16-12-22-26(19(16)24-20)18-5-8-27-9-6-18/h2-3,10-12,18H,4-9,13H2,1H3,(H,21,23,24). The fourth-order valence-corrected chi connectivity index (χ4v) is 4.00. The third kappa shape index (κ3) is 3.28. The lowest BCUT2D eigenvalue weighted by molar-refractivity contribution is 0.0673. The molecular weight excluding hydrogens is 340 g/mol. The summed E-state index contributed by atoms with van der Waals surface area (Å²) in [6, 6.07) is 6.90. The third-order valence-electron chi connectivity index (χ3n) is 5.54. The van der Waals surface area contributed by atoms with Crippen LogP contribution in [0.1, 0.15) is 30.0 Å². The third-order valence-corrected chi connectivity index (χ3v) is 5.54. The van der Waals surface area contributed by atoms with Gasteiger partial charge in [-0.3, -0.25) is 0 Å². The second-order valence-corrected chi connectivity index (χ2v) is 7.50. The molecule has 1 N–H and O–H groups in total. The van der Waals surface area contributed by atoms with E-state index in [4.69, 9.17) is 9.72 Å². The fourth-order valence-electron chi connectivity index (χ4n) is 4.00. The molecule has 27 heavy (non-hydrogen) atoms. The first-order valence-corrected chi connectivity index (χ1v) is 9.62. The zero-order valence-electron chi connectivity index (χ0n) is 15.6. The summed E-state index contributed by atoms with van der Waals surface area (Å²) in [5.74, 6) is 0.612. The molecule has 0 bridgehead atoms. The van der Waals surface area contributed by atoms with Crippen LogP contribution in [0.3, 0.4) is 0 Å². The Kier molecular flexibility index (Phi) is 4.26. The SMILES string of the molecule is CN1CCc2ccc(Nc3ncc4cnn(C5CCOCC5)c4n3)cc2C1. The van der Waals surface area contributed by atoms with Gasteiger partial charge in [0, 0.05) is 38.2 Å². The molecule has 3 aromatic rings. The Labute approximate surface area is 158 Å². The van der Waals surface area contributed by atoms with Crippen LogP contribution in [0.2, 0.25) is 0 Å². The molecule has 7 nitrogen and oxygen atoms in total. The van der Waals surface area contributed by atoms with Gasteiger partial charge in [0.2, 0.25) is 5.95 Å². The minimum absolute atomic E-state index is 0.346. The molecule has 2 aliphatic rings. The highest BCUT2D eigenvalue weighted by Crippen LogP contribution is 2.26. The number of aromatic nitrogens is 4. The van der Waals surface area contributed by atoms with Gasteiger partial charge in [0.25, 0.3) is 0 Å². The molecule has 0 saturated carbocycles. The van der Waals surface area contributed by atoms with Crippen molar-refractivity contribution >= 4 is 22.7 Å². The summed E-state index contributed by atoms with van der Waals surface area (Å²) in [5, 5.41) is 8.90. The molecule has 140 valence electrons. The molecule has 5 rings (SSSR count). The van der Waals surface area contributed by atoms with E-state index in [2.05, 4.69) is 45.5 Å². The highest BCUT2D eigenvalue weighted by Gasteiger charge is 2.20. The maximum atomic E-state index is 5.48. The van der Waals surface area contributed by atoms with E-state index in [0.717, 1.165) is 62.3 Å². The lowest BCUT2D eigenvalue weighted by atomic mass is 9.99. The van der Waals surface area contributed by atoms with Crippen molar-refractivity contribution in [2.24, 2.45) is 0 Å². The molecule has 0 radical (unpaired) electrons. The van der Waals surface area contributed by atoms with Crippen LogP contribution in [0.5, 0.6) is 0 Å². The first-order valence-electron chi connectivity index (χ1n) is 9.62. The Morgan fingerprint density at radius 1 is 1.15 bits per heavy atom. The second kappa shape index (κ2) is 6.90. The van der Waals surface area contributed by atoms with E-state index in [9.17, 15) is 0 Å². The quantitative estimate of drug-likeness (QED) is 0.771. The number of nitrogens with zero attached hydrogens (tertiary/aromatic N) is 5. The predicted molar refractivity (Wildman–Crippen MR) is 104 cm³/mol. The van der Waals surface area contributed by atoms with E-state index in [1.54, 1.807) is 0 Å². The minimum Gasteiger partial charge on any atom is -0.381 e. The lowest BCUT2D eigenvalue weighted by Gasteiger charge is -2.25. The highest BCUT2D eigenvalue weighted by atomic mass is 16.5. The Morgan fingerprint density at radius 2 is 2.04 bits per heavy atom. The first kappa shape index (κ1) is 16.6. The van der Waals surface area contributed by atoms with Crippen LogP contribution in [0, 0.1) is 0 Å². The number of likely N-dealkylation sites (N-methyl/N-ethyl adjacent to an activating group) is 1. The van der Waals surface area contributed by atoms with Gasteiger partial charge in [-0.05, 0) is 49.6 Å². The van der Waals surface area contributed by atoms with Crippen molar-refractivity contribution in [1.82, 2.24) is 24.6 Å². The molecule has 0 unspecified atom stereocenters. The Hall–Kier alpha value is -2.51. The van der Waals surface area contributed by atoms with Crippen LogP contribution >= 0.6 is 0 Å². The summed E-state index contributed by atoms with van der Waals surface area (Å²) in [6.07, 6.45) is 6.76. The molecule has 0 amide bonds. The van der Waals surface area contributed by atoms with Gasteiger partial charge < -0.3 is 15.0 Å². The number of ether oxygens (including phenoxy) is 1. The minimum atomic E-state index is 0.346. The number of fused-ring (bicyclic) bond motifs is 2. The van der Waals surface area contributed by atoms with Crippen molar-refractivity contribution in [1.29, 1.82) is 0 Å². The number of hydrogen-bond acceptors (Lipinski definition) is 6. The molecule has 4 heterocycles. The van der Waals surface area contributed by atoms with E-state index >= 15 is 0 Å². The van der Waals surface area contributed by atoms with Crippen LogP contribution in [0.15, 0.2) is 30.6 Å². The number of nitrogens with one attached hydrogen (secondary N) is 1. The van der Waals surface area contributed by atoms with E-state index in [-0.39, 0.29) is 0 Å². The summed E-state index contributed by atoms with van der Waals surface area (Å²) in [6.45, 7) is 3.68. The highest BCUT2D eigenvalue weighted by molar-refractivity contribution is 5.75. The van der Waals surface area contributed by atoms with Gasteiger partial charge in [0.05, 0.1) is 17.6 Å². The average Bonchev–Trinajstić information content (AvgIpc) is 3.11. The van der Waals surface area contributed by atoms with E-state index < -0.39 is 0 Å². The van der Waals surface area contributed by atoms with Crippen molar-refractivity contribution in [3.63, 3.8) is 0 Å². The summed E-state index contributed by atoms with van der Waals surface area (Å²) in [7, 11) is 2.16. The molecule has 0 aliphatic carbocycles. The maximum absolute atomic E-state index is 5.48. The van der Waals surface area contributed by atoms with Gasteiger partial charge in [-0.2, -0.15) is 10.1 Å². The predicted octanol–water partition coefficient (Wildman–Crippen LogP) is 2.91.